The van der Waals surface area contributed by atoms with Crippen LogP contribution < -0.4 is 5.32 Å². The van der Waals surface area contributed by atoms with Crippen molar-refractivity contribution in [1.29, 1.82) is 0 Å². The van der Waals surface area contributed by atoms with Crippen LogP contribution in [0.4, 0.5) is 17.6 Å². The van der Waals surface area contributed by atoms with E-state index in [1.807, 2.05) is 0 Å². The molecule has 4 nitrogen and oxygen atoms in total. The number of carbonyl (C=O) groups excluding carboxylic acids is 1. The smallest absolute Gasteiger partial charge is 0.341 e. The maximum Gasteiger partial charge on any atom is 0.341 e. The predicted molar refractivity (Wildman–Crippen MR) is 61.0 cm³/mol. The fraction of sp³-hybridized carbons (Fsp3) is 0.167. The molecular formula is C12H9F4NO3. The molecule has 0 bridgehead atoms. The number of carbonyl (C=O) groups is 2. The SMILES string of the molecule is CC(=O)NCC=Cc1c(F)c(F)c(C(=O)O)c(F)c1F. The van der Waals surface area contributed by atoms with Crippen LogP contribution in [0.3, 0.4) is 0 Å². The number of hydrogen-bond acceptors (Lipinski definition) is 2. The van der Waals surface area contributed by atoms with Crippen molar-refractivity contribution in [3.05, 3.63) is 40.5 Å². The second-order valence-corrected chi connectivity index (χ2v) is 3.69. The average molecular weight is 291 g/mol. The topological polar surface area (TPSA) is 66.4 Å². The molecule has 0 radical (unpaired) electrons. The van der Waals surface area contributed by atoms with Crippen LogP contribution >= 0.6 is 0 Å². The van der Waals surface area contributed by atoms with E-state index in [1.165, 1.54) is 6.92 Å². The normalized spacial score (nSPS) is 10.8. The Morgan fingerprint density at radius 2 is 1.60 bits per heavy atom. The highest BCUT2D eigenvalue weighted by atomic mass is 19.2. The summed E-state index contributed by atoms with van der Waals surface area (Å²) in [4.78, 5) is 21.1. The minimum absolute atomic E-state index is 0.113. The number of nitrogens with one attached hydrogen (secondary N) is 1. The first-order chi connectivity index (χ1) is 9.27. The number of carboxylic acids is 1. The van der Waals surface area contributed by atoms with E-state index in [4.69, 9.17) is 5.11 Å². The number of benzene rings is 1. The third-order valence-electron chi connectivity index (χ3n) is 2.26. The van der Waals surface area contributed by atoms with Crippen molar-refractivity contribution in [2.75, 3.05) is 6.54 Å². The van der Waals surface area contributed by atoms with Gasteiger partial charge in [-0.1, -0.05) is 12.2 Å². The standard InChI is InChI=1S/C12H9F4NO3/c1-5(18)17-4-2-3-6-8(13)10(15)7(12(19)20)11(16)9(6)14/h2-3H,4H2,1H3,(H,17,18)(H,19,20). The van der Waals surface area contributed by atoms with Gasteiger partial charge in [0.05, 0.1) is 5.56 Å². The van der Waals surface area contributed by atoms with E-state index in [9.17, 15) is 27.2 Å². The zero-order valence-corrected chi connectivity index (χ0v) is 10.1. The van der Waals surface area contributed by atoms with Crippen LogP contribution in [0.5, 0.6) is 0 Å². The van der Waals surface area contributed by atoms with E-state index in [-0.39, 0.29) is 6.54 Å². The Morgan fingerprint density at radius 3 is 2.00 bits per heavy atom. The van der Waals surface area contributed by atoms with Crippen LogP contribution in [0, 0.1) is 23.3 Å². The quantitative estimate of drug-likeness (QED) is 0.659. The lowest BCUT2D eigenvalue weighted by atomic mass is 10.1. The summed E-state index contributed by atoms with van der Waals surface area (Å²) in [5.74, 6) is -10.1. The predicted octanol–water partition coefficient (Wildman–Crippen LogP) is 2.09. The second-order valence-electron chi connectivity index (χ2n) is 3.69. The highest BCUT2D eigenvalue weighted by molar-refractivity contribution is 5.88. The molecule has 8 heteroatoms. The highest BCUT2D eigenvalue weighted by Gasteiger charge is 2.27. The van der Waals surface area contributed by atoms with Crippen molar-refractivity contribution in [1.82, 2.24) is 5.32 Å². The van der Waals surface area contributed by atoms with Crippen molar-refractivity contribution in [3.63, 3.8) is 0 Å². The van der Waals surface area contributed by atoms with Gasteiger partial charge in [0.25, 0.3) is 0 Å². The van der Waals surface area contributed by atoms with Crippen molar-refractivity contribution < 1.29 is 32.3 Å². The van der Waals surface area contributed by atoms with Gasteiger partial charge in [-0.25, -0.2) is 22.4 Å². The molecule has 0 aliphatic carbocycles. The number of rotatable bonds is 4. The number of hydrogen-bond donors (Lipinski definition) is 2. The fourth-order valence-corrected chi connectivity index (χ4v) is 1.36. The van der Waals surface area contributed by atoms with Gasteiger partial charge in [0, 0.05) is 13.5 Å². The first-order valence-electron chi connectivity index (χ1n) is 5.27. The summed E-state index contributed by atoms with van der Waals surface area (Å²) >= 11 is 0. The Hall–Kier alpha value is -2.38. The molecule has 0 saturated heterocycles. The van der Waals surface area contributed by atoms with Crippen LogP contribution in [0.25, 0.3) is 6.08 Å². The molecule has 0 atom stereocenters. The lowest BCUT2D eigenvalue weighted by Crippen LogP contribution is -2.19. The first kappa shape index (κ1) is 15.7. The molecule has 0 saturated carbocycles. The molecule has 108 valence electrons. The van der Waals surface area contributed by atoms with Crippen molar-refractivity contribution >= 4 is 18.0 Å². The molecule has 2 N–H and O–H groups in total. The Morgan fingerprint density at radius 1 is 1.10 bits per heavy atom. The Bertz CT molecular complexity index is 570. The van der Waals surface area contributed by atoms with E-state index in [2.05, 4.69) is 5.32 Å². The Balaban J connectivity index is 3.23. The maximum absolute atomic E-state index is 13.5. The van der Waals surface area contributed by atoms with E-state index >= 15 is 0 Å². The molecule has 0 spiro atoms. The molecule has 0 heterocycles. The van der Waals surface area contributed by atoms with E-state index in [0.717, 1.165) is 6.08 Å². The minimum Gasteiger partial charge on any atom is -0.477 e. The second kappa shape index (κ2) is 6.18. The number of amides is 1. The molecule has 0 fully saturated rings. The van der Waals surface area contributed by atoms with Crippen molar-refractivity contribution in [2.24, 2.45) is 0 Å². The number of carboxylic acid groups (broad SMARTS) is 1. The van der Waals surface area contributed by atoms with Crippen LogP contribution in [0.2, 0.25) is 0 Å². The largest absolute Gasteiger partial charge is 0.477 e. The molecule has 1 amide bonds. The van der Waals surface area contributed by atoms with Crippen molar-refractivity contribution in [3.8, 4) is 0 Å². The maximum atomic E-state index is 13.5. The van der Waals surface area contributed by atoms with Gasteiger partial charge in [0.2, 0.25) is 5.91 Å². The van der Waals surface area contributed by atoms with Crippen LogP contribution in [0.1, 0.15) is 22.8 Å². The fourth-order valence-electron chi connectivity index (χ4n) is 1.36. The van der Waals surface area contributed by atoms with Gasteiger partial charge in [0.15, 0.2) is 23.3 Å². The van der Waals surface area contributed by atoms with Gasteiger partial charge in [-0.2, -0.15) is 0 Å². The van der Waals surface area contributed by atoms with E-state index in [0.29, 0.717) is 6.08 Å². The van der Waals surface area contributed by atoms with Crippen LogP contribution in [-0.4, -0.2) is 23.5 Å². The summed E-state index contributed by atoms with van der Waals surface area (Å²) in [7, 11) is 0. The zero-order valence-electron chi connectivity index (χ0n) is 10.1. The zero-order chi connectivity index (χ0) is 15.4. The van der Waals surface area contributed by atoms with Gasteiger partial charge < -0.3 is 10.4 Å². The first-order valence-corrected chi connectivity index (χ1v) is 5.27. The lowest BCUT2D eigenvalue weighted by molar-refractivity contribution is -0.118. The van der Waals surface area contributed by atoms with Gasteiger partial charge >= 0.3 is 5.97 Å². The Labute approximate surface area is 110 Å². The lowest BCUT2D eigenvalue weighted by Gasteiger charge is -2.06. The molecule has 1 aromatic carbocycles. The van der Waals surface area contributed by atoms with Gasteiger partial charge in [-0.05, 0) is 0 Å². The number of aromatic carboxylic acids is 1. The van der Waals surface area contributed by atoms with Gasteiger partial charge in [-0.3, -0.25) is 4.79 Å². The third-order valence-corrected chi connectivity index (χ3v) is 2.26. The molecule has 0 unspecified atom stereocenters. The molecular weight excluding hydrogens is 282 g/mol. The average Bonchev–Trinajstić information content (AvgIpc) is 2.35. The highest BCUT2D eigenvalue weighted by Crippen LogP contribution is 2.25. The molecule has 20 heavy (non-hydrogen) atoms. The summed E-state index contributed by atoms with van der Waals surface area (Å²) in [6.45, 7) is 1.09. The molecule has 0 aliphatic heterocycles. The third kappa shape index (κ3) is 3.14. The van der Waals surface area contributed by atoms with E-state index < -0.39 is 46.3 Å². The van der Waals surface area contributed by atoms with Crippen LogP contribution in [-0.2, 0) is 4.79 Å². The van der Waals surface area contributed by atoms with E-state index in [1.54, 1.807) is 0 Å². The summed E-state index contributed by atoms with van der Waals surface area (Å²) in [5, 5.41) is 10.7. The van der Waals surface area contributed by atoms with Crippen molar-refractivity contribution in [2.45, 2.75) is 6.92 Å². The number of halogens is 4. The summed E-state index contributed by atoms with van der Waals surface area (Å²) in [5.41, 5.74) is -2.76. The summed E-state index contributed by atoms with van der Waals surface area (Å²) < 4.78 is 53.6. The molecule has 0 aromatic heterocycles. The van der Waals surface area contributed by atoms with Crippen LogP contribution in [0.15, 0.2) is 6.08 Å². The summed E-state index contributed by atoms with van der Waals surface area (Å²) in [6.07, 6.45) is 1.76. The summed E-state index contributed by atoms with van der Waals surface area (Å²) in [6, 6.07) is 0. The molecule has 1 aromatic rings. The molecule has 0 aliphatic rings. The molecule has 1 rings (SSSR count). The van der Waals surface area contributed by atoms with Gasteiger partial charge in [0.1, 0.15) is 5.56 Å². The monoisotopic (exact) mass is 291 g/mol. The Kier molecular flexibility index (Phi) is 4.84. The minimum atomic E-state index is -2.12. The van der Waals surface area contributed by atoms with Gasteiger partial charge in [-0.15, -0.1) is 0 Å².